The van der Waals surface area contributed by atoms with Gasteiger partial charge in [-0.15, -0.1) is 0 Å². The molecule has 0 radical (unpaired) electrons. The predicted molar refractivity (Wildman–Crippen MR) is 110 cm³/mol. The number of halogens is 1. The minimum Gasteiger partial charge on any atom is -0.496 e. The molecule has 0 aliphatic rings. The minimum absolute atomic E-state index is 0.0472. The summed E-state index contributed by atoms with van der Waals surface area (Å²) in [6.45, 7) is 3.97. The van der Waals surface area contributed by atoms with Gasteiger partial charge in [-0.1, -0.05) is 18.5 Å². The van der Waals surface area contributed by atoms with E-state index < -0.39 is 10.0 Å². The lowest BCUT2D eigenvalue weighted by molar-refractivity contribution is 0.0939. The van der Waals surface area contributed by atoms with Crippen molar-refractivity contribution in [2.75, 3.05) is 14.2 Å². The Balaban J connectivity index is 2.29. The van der Waals surface area contributed by atoms with Crippen LogP contribution in [0, 0.1) is 0 Å². The van der Waals surface area contributed by atoms with E-state index in [1.165, 1.54) is 42.7 Å². The lowest BCUT2D eigenvalue weighted by Crippen LogP contribution is -2.32. The van der Waals surface area contributed by atoms with Crippen LogP contribution in [0.15, 0.2) is 47.4 Å². The summed E-state index contributed by atoms with van der Waals surface area (Å²) < 4.78 is 32.2. The second-order valence-corrected chi connectivity index (χ2v) is 9.01. The van der Waals surface area contributed by atoms with Gasteiger partial charge in [0, 0.05) is 35.8 Å². The molecule has 1 N–H and O–H groups in total. The smallest absolute Gasteiger partial charge is 0.251 e. The second kappa shape index (κ2) is 9.41. The lowest BCUT2D eigenvalue weighted by Gasteiger charge is -2.20. The fourth-order valence-corrected chi connectivity index (χ4v) is 3.84. The van der Waals surface area contributed by atoms with Crippen LogP contribution in [0.1, 0.15) is 36.2 Å². The number of ether oxygens (including phenoxy) is 1. The molecule has 1 unspecified atom stereocenters. The standard InChI is InChI=1S/C20H25ClN2O4S/c1-5-14(2)22-20(24)15-6-11-19(27-4)16(12-15)13-23(3)28(25,26)18-9-7-17(21)8-10-18/h6-12,14H,5,13H2,1-4H3,(H,22,24). The highest BCUT2D eigenvalue weighted by molar-refractivity contribution is 7.89. The molecule has 6 nitrogen and oxygen atoms in total. The molecule has 28 heavy (non-hydrogen) atoms. The number of sulfonamides is 1. The molecule has 0 aliphatic carbocycles. The molecule has 0 aromatic heterocycles. The zero-order valence-corrected chi connectivity index (χ0v) is 18.0. The van der Waals surface area contributed by atoms with Crippen molar-refractivity contribution >= 4 is 27.5 Å². The summed E-state index contributed by atoms with van der Waals surface area (Å²) in [5.41, 5.74) is 1.05. The third-order valence-corrected chi connectivity index (χ3v) is 6.52. The summed E-state index contributed by atoms with van der Waals surface area (Å²) in [6, 6.07) is 11.0. The maximum atomic E-state index is 12.8. The molecule has 0 fully saturated rings. The van der Waals surface area contributed by atoms with Gasteiger partial charge in [0.25, 0.3) is 5.91 Å². The van der Waals surface area contributed by atoms with E-state index in [0.717, 1.165) is 6.42 Å². The summed E-state index contributed by atoms with van der Waals surface area (Å²) in [5, 5.41) is 3.36. The zero-order valence-electron chi connectivity index (χ0n) is 16.4. The van der Waals surface area contributed by atoms with Crippen LogP contribution in [-0.4, -0.2) is 38.8 Å². The van der Waals surface area contributed by atoms with Gasteiger partial charge in [0.1, 0.15) is 5.75 Å². The lowest BCUT2D eigenvalue weighted by atomic mass is 10.1. The molecule has 0 saturated carbocycles. The van der Waals surface area contributed by atoms with Gasteiger partial charge in [0.2, 0.25) is 10.0 Å². The number of hydrogen-bond donors (Lipinski definition) is 1. The van der Waals surface area contributed by atoms with Crippen molar-refractivity contribution in [1.82, 2.24) is 9.62 Å². The zero-order chi connectivity index (χ0) is 20.9. The van der Waals surface area contributed by atoms with Crippen LogP contribution in [0.5, 0.6) is 5.75 Å². The van der Waals surface area contributed by atoms with Crippen molar-refractivity contribution < 1.29 is 17.9 Å². The van der Waals surface area contributed by atoms with Gasteiger partial charge in [0.15, 0.2) is 0 Å². The molecule has 0 aliphatic heterocycles. The molecule has 0 bridgehead atoms. The Kier molecular flexibility index (Phi) is 7.46. The van der Waals surface area contributed by atoms with Crippen LogP contribution in [-0.2, 0) is 16.6 Å². The number of hydrogen-bond acceptors (Lipinski definition) is 4. The first-order chi connectivity index (χ1) is 13.2. The Morgan fingerprint density at radius 2 is 1.86 bits per heavy atom. The molecule has 0 spiro atoms. The maximum absolute atomic E-state index is 12.8. The average molecular weight is 425 g/mol. The van der Waals surface area contributed by atoms with Gasteiger partial charge < -0.3 is 10.1 Å². The van der Waals surface area contributed by atoms with Gasteiger partial charge in [0.05, 0.1) is 12.0 Å². The molecule has 2 rings (SSSR count). The van der Waals surface area contributed by atoms with Gasteiger partial charge in [-0.25, -0.2) is 8.42 Å². The van der Waals surface area contributed by atoms with Crippen LogP contribution < -0.4 is 10.1 Å². The minimum atomic E-state index is -3.72. The summed E-state index contributed by atoms with van der Waals surface area (Å²) in [6.07, 6.45) is 0.816. The largest absolute Gasteiger partial charge is 0.496 e. The van der Waals surface area contributed by atoms with Crippen molar-refractivity contribution in [2.24, 2.45) is 0 Å². The van der Waals surface area contributed by atoms with Crippen LogP contribution in [0.4, 0.5) is 0 Å². The Morgan fingerprint density at radius 1 is 1.21 bits per heavy atom. The number of methoxy groups -OCH3 is 1. The van der Waals surface area contributed by atoms with E-state index in [-0.39, 0.29) is 23.4 Å². The monoisotopic (exact) mass is 424 g/mol. The van der Waals surface area contributed by atoms with E-state index in [4.69, 9.17) is 16.3 Å². The van der Waals surface area contributed by atoms with Gasteiger partial charge in [-0.2, -0.15) is 4.31 Å². The Labute approximate surface area is 171 Å². The highest BCUT2D eigenvalue weighted by Gasteiger charge is 2.22. The van der Waals surface area contributed by atoms with Crippen molar-refractivity contribution in [3.63, 3.8) is 0 Å². The first kappa shape index (κ1) is 22.2. The van der Waals surface area contributed by atoms with Gasteiger partial charge in [-0.05, 0) is 55.8 Å². The molecular weight excluding hydrogens is 400 g/mol. The summed E-state index contributed by atoms with van der Waals surface area (Å²) in [5.74, 6) is 0.305. The number of carbonyl (C=O) groups excluding carboxylic acids is 1. The van der Waals surface area contributed by atoms with Crippen molar-refractivity contribution in [2.45, 2.75) is 37.8 Å². The number of nitrogens with zero attached hydrogens (tertiary/aromatic N) is 1. The van der Waals surface area contributed by atoms with E-state index >= 15 is 0 Å². The van der Waals surface area contributed by atoms with Gasteiger partial charge >= 0.3 is 0 Å². The number of carbonyl (C=O) groups is 1. The Hall–Kier alpha value is -2.09. The fraction of sp³-hybridized carbons (Fsp3) is 0.350. The van der Waals surface area contributed by atoms with Crippen molar-refractivity contribution in [1.29, 1.82) is 0 Å². The highest BCUT2D eigenvalue weighted by atomic mass is 35.5. The quantitative estimate of drug-likeness (QED) is 0.701. The van der Waals surface area contributed by atoms with Crippen LogP contribution in [0.3, 0.4) is 0 Å². The average Bonchev–Trinajstić information content (AvgIpc) is 2.67. The van der Waals surface area contributed by atoms with E-state index in [9.17, 15) is 13.2 Å². The number of benzene rings is 2. The molecular formula is C20H25ClN2O4S. The highest BCUT2D eigenvalue weighted by Crippen LogP contribution is 2.25. The molecule has 0 heterocycles. The first-order valence-electron chi connectivity index (χ1n) is 8.88. The van der Waals surface area contributed by atoms with Crippen LogP contribution in [0.25, 0.3) is 0 Å². The normalized spacial score (nSPS) is 12.6. The van der Waals surface area contributed by atoms with Gasteiger partial charge in [-0.3, -0.25) is 4.79 Å². The van der Waals surface area contributed by atoms with E-state index in [2.05, 4.69) is 5.32 Å². The first-order valence-corrected chi connectivity index (χ1v) is 10.7. The molecule has 0 saturated heterocycles. The number of nitrogens with one attached hydrogen (secondary N) is 1. The van der Waals surface area contributed by atoms with E-state index in [0.29, 0.717) is 21.9 Å². The molecule has 8 heteroatoms. The van der Waals surface area contributed by atoms with E-state index in [1.54, 1.807) is 18.2 Å². The molecule has 2 aromatic rings. The number of amides is 1. The van der Waals surface area contributed by atoms with Crippen molar-refractivity contribution in [3.8, 4) is 5.75 Å². The van der Waals surface area contributed by atoms with Crippen molar-refractivity contribution in [3.05, 3.63) is 58.6 Å². The third-order valence-electron chi connectivity index (χ3n) is 4.45. The topological polar surface area (TPSA) is 75.7 Å². The summed E-state index contributed by atoms with van der Waals surface area (Å²) in [7, 11) is -0.730. The summed E-state index contributed by atoms with van der Waals surface area (Å²) in [4.78, 5) is 12.5. The predicted octanol–water partition coefficient (Wildman–Crippen LogP) is 3.70. The number of rotatable bonds is 8. The van der Waals surface area contributed by atoms with Crippen LogP contribution >= 0.6 is 11.6 Å². The second-order valence-electron chi connectivity index (χ2n) is 6.52. The summed E-state index contributed by atoms with van der Waals surface area (Å²) >= 11 is 5.84. The fourth-order valence-electron chi connectivity index (χ4n) is 2.56. The Bertz CT molecular complexity index is 930. The molecule has 152 valence electrons. The van der Waals surface area contributed by atoms with E-state index in [1.807, 2.05) is 13.8 Å². The third kappa shape index (κ3) is 5.25. The Morgan fingerprint density at radius 3 is 2.43 bits per heavy atom. The molecule has 1 amide bonds. The molecule has 1 atom stereocenters. The molecule has 2 aromatic carbocycles. The van der Waals surface area contributed by atoms with Crippen LogP contribution in [0.2, 0.25) is 5.02 Å². The maximum Gasteiger partial charge on any atom is 0.251 e. The SMILES string of the molecule is CCC(C)NC(=O)c1ccc(OC)c(CN(C)S(=O)(=O)c2ccc(Cl)cc2)c1.